The van der Waals surface area contributed by atoms with Crippen molar-refractivity contribution in [3.05, 3.63) is 59.3 Å². The number of amides is 2. The predicted octanol–water partition coefficient (Wildman–Crippen LogP) is 4.76. The first kappa shape index (κ1) is 19.9. The van der Waals surface area contributed by atoms with E-state index in [9.17, 15) is 9.59 Å². The summed E-state index contributed by atoms with van der Waals surface area (Å²) in [4.78, 5) is 24.5. The lowest BCUT2D eigenvalue weighted by Crippen LogP contribution is -2.31. The van der Waals surface area contributed by atoms with Gasteiger partial charge in [-0.1, -0.05) is 45.0 Å². The summed E-state index contributed by atoms with van der Waals surface area (Å²) in [6.45, 7) is 6.61. The van der Waals surface area contributed by atoms with Gasteiger partial charge in [-0.25, -0.2) is 9.59 Å². The standard InChI is InChI=1S/C23H26N4O3/c1-23(2,3)15-9-10-16-14(12-15)8-11-19(16)26-21(28)25-18-6-5-7-20-17(18)13-24-27(20)22(29)30-4/h5-7,9-10,12-13,19H,8,11H2,1-4H3,(H2,25,26,28)/t19-/m1/s1. The van der Waals surface area contributed by atoms with Gasteiger partial charge in [-0.3, -0.25) is 0 Å². The predicted molar refractivity (Wildman–Crippen MR) is 116 cm³/mol. The Labute approximate surface area is 175 Å². The maximum Gasteiger partial charge on any atom is 0.434 e. The molecule has 1 aliphatic rings. The SMILES string of the molecule is COC(=O)n1ncc2c(NC(=O)N[C@@H]3CCc4cc(C(C)(C)C)ccc43)cccc21. The molecule has 0 bridgehead atoms. The zero-order valence-electron chi connectivity index (χ0n) is 17.7. The van der Waals surface area contributed by atoms with Gasteiger partial charge in [0.25, 0.3) is 0 Å². The number of fused-ring (bicyclic) bond motifs is 2. The van der Waals surface area contributed by atoms with Gasteiger partial charge in [0, 0.05) is 5.39 Å². The second-order valence-electron chi connectivity index (χ2n) is 8.62. The second kappa shape index (κ2) is 7.48. The molecule has 4 rings (SSSR count). The average Bonchev–Trinajstić information content (AvgIpc) is 3.31. The van der Waals surface area contributed by atoms with Crippen LogP contribution in [0.3, 0.4) is 0 Å². The third kappa shape index (κ3) is 3.63. The molecule has 3 aromatic rings. The number of nitrogens with one attached hydrogen (secondary N) is 2. The minimum Gasteiger partial charge on any atom is -0.451 e. The van der Waals surface area contributed by atoms with E-state index >= 15 is 0 Å². The number of carbonyl (C=O) groups excluding carboxylic acids is 2. The Morgan fingerprint density at radius 3 is 2.73 bits per heavy atom. The first-order valence-corrected chi connectivity index (χ1v) is 10.0. The normalized spacial score (nSPS) is 15.7. The van der Waals surface area contributed by atoms with Crippen molar-refractivity contribution in [2.75, 3.05) is 12.4 Å². The van der Waals surface area contributed by atoms with Gasteiger partial charge < -0.3 is 15.4 Å². The smallest absolute Gasteiger partial charge is 0.434 e. The Bertz CT molecular complexity index is 1130. The van der Waals surface area contributed by atoms with Gasteiger partial charge in [0.1, 0.15) is 0 Å². The Hall–Kier alpha value is -3.35. The molecule has 7 nitrogen and oxygen atoms in total. The molecular weight excluding hydrogens is 380 g/mol. The molecule has 1 heterocycles. The zero-order valence-corrected chi connectivity index (χ0v) is 17.7. The fourth-order valence-corrected chi connectivity index (χ4v) is 3.94. The number of carbonyl (C=O) groups is 2. The van der Waals surface area contributed by atoms with Crippen LogP contribution in [0.25, 0.3) is 10.9 Å². The quantitative estimate of drug-likeness (QED) is 0.643. The topological polar surface area (TPSA) is 85.2 Å². The number of anilines is 1. The van der Waals surface area contributed by atoms with Crippen LogP contribution in [0.4, 0.5) is 15.3 Å². The van der Waals surface area contributed by atoms with Crippen molar-refractivity contribution < 1.29 is 14.3 Å². The van der Waals surface area contributed by atoms with Gasteiger partial charge in [-0.2, -0.15) is 9.78 Å². The first-order valence-electron chi connectivity index (χ1n) is 10.0. The number of aromatic nitrogens is 2. The molecule has 30 heavy (non-hydrogen) atoms. The summed E-state index contributed by atoms with van der Waals surface area (Å²) in [6.07, 6.45) is 2.79. The molecule has 2 N–H and O–H groups in total. The first-order chi connectivity index (χ1) is 14.3. The van der Waals surface area contributed by atoms with Crippen molar-refractivity contribution in [3.63, 3.8) is 0 Å². The lowest BCUT2D eigenvalue weighted by Gasteiger charge is -2.21. The summed E-state index contributed by atoms with van der Waals surface area (Å²) in [5, 5.41) is 10.7. The van der Waals surface area contributed by atoms with E-state index in [1.54, 1.807) is 24.4 Å². The number of aryl methyl sites for hydroxylation is 1. The van der Waals surface area contributed by atoms with Crippen molar-refractivity contribution in [2.24, 2.45) is 0 Å². The van der Waals surface area contributed by atoms with Crippen molar-refractivity contribution in [2.45, 2.75) is 45.1 Å². The van der Waals surface area contributed by atoms with Gasteiger partial charge in [0.05, 0.1) is 30.6 Å². The third-order valence-electron chi connectivity index (χ3n) is 5.60. The molecule has 0 aliphatic heterocycles. The molecule has 7 heteroatoms. The molecule has 0 radical (unpaired) electrons. The van der Waals surface area contributed by atoms with Gasteiger partial charge in [0.2, 0.25) is 0 Å². The largest absolute Gasteiger partial charge is 0.451 e. The highest BCUT2D eigenvalue weighted by molar-refractivity contribution is 6.02. The fraction of sp³-hybridized carbons (Fsp3) is 0.348. The van der Waals surface area contributed by atoms with Crippen LogP contribution in [-0.2, 0) is 16.6 Å². The summed E-state index contributed by atoms with van der Waals surface area (Å²) < 4.78 is 5.90. The molecule has 156 valence electrons. The number of nitrogens with zero attached hydrogens (tertiary/aromatic N) is 2. The van der Waals surface area contributed by atoms with E-state index in [1.807, 2.05) is 0 Å². The van der Waals surface area contributed by atoms with Crippen LogP contribution in [0.2, 0.25) is 0 Å². The lowest BCUT2D eigenvalue weighted by molar-refractivity contribution is 0.170. The van der Waals surface area contributed by atoms with E-state index in [4.69, 9.17) is 4.74 Å². The minimum absolute atomic E-state index is 0.0222. The van der Waals surface area contributed by atoms with Crippen LogP contribution >= 0.6 is 0 Å². The molecule has 1 aromatic heterocycles. The van der Waals surface area contributed by atoms with E-state index in [2.05, 4.69) is 54.7 Å². The molecule has 0 saturated carbocycles. The van der Waals surface area contributed by atoms with E-state index in [-0.39, 0.29) is 17.5 Å². The van der Waals surface area contributed by atoms with Crippen LogP contribution < -0.4 is 10.6 Å². The number of ether oxygens (including phenoxy) is 1. The number of hydrogen-bond donors (Lipinski definition) is 2. The highest BCUT2D eigenvalue weighted by Crippen LogP contribution is 2.34. The Kier molecular flexibility index (Phi) is 4.97. The third-order valence-corrected chi connectivity index (χ3v) is 5.60. The molecule has 0 spiro atoms. The lowest BCUT2D eigenvalue weighted by atomic mass is 9.85. The fourth-order valence-electron chi connectivity index (χ4n) is 3.94. The number of urea groups is 1. The van der Waals surface area contributed by atoms with Gasteiger partial charge in [-0.15, -0.1) is 0 Å². The van der Waals surface area contributed by atoms with E-state index < -0.39 is 6.09 Å². The maximum absolute atomic E-state index is 12.7. The zero-order chi connectivity index (χ0) is 21.5. The molecule has 0 saturated heterocycles. The number of rotatable bonds is 2. The van der Waals surface area contributed by atoms with Crippen molar-refractivity contribution in [3.8, 4) is 0 Å². The number of methoxy groups -OCH3 is 1. The van der Waals surface area contributed by atoms with Crippen LogP contribution in [0, 0.1) is 0 Å². The summed E-state index contributed by atoms with van der Waals surface area (Å²) in [5.41, 5.74) is 5.04. The maximum atomic E-state index is 12.7. The Morgan fingerprint density at radius 2 is 2.00 bits per heavy atom. The molecule has 1 atom stereocenters. The van der Waals surface area contributed by atoms with Gasteiger partial charge in [-0.05, 0) is 47.1 Å². The van der Waals surface area contributed by atoms with Crippen molar-refractivity contribution >= 4 is 28.7 Å². The van der Waals surface area contributed by atoms with Crippen molar-refractivity contribution in [1.29, 1.82) is 0 Å². The minimum atomic E-state index is -0.580. The summed E-state index contributed by atoms with van der Waals surface area (Å²) in [5.74, 6) is 0. The van der Waals surface area contributed by atoms with Crippen LogP contribution in [0.5, 0.6) is 0 Å². The number of hydrogen-bond acceptors (Lipinski definition) is 4. The van der Waals surface area contributed by atoms with E-state index in [0.29, 0.717) is 16.6 Å². The van der Waals surface area contributed by atoms with E-state index in [0.717, 1.165) is 12.8 Å². The molecular formula is C23H26N4O3. The van der Waals surface area contributed by atoms with Crippen LogP contribution in [0.15, 0.2) is 42.6 Å². The summed E-state index contributed by atoms with van der Waals surface area (Å²) >= 11 is 0. The van der Waals surface area contributed by atoms with Crippen LogP contribution in [-0.4, -0.2) is 29.0 Å². The number of benzene rings is 2. The Balaban J connectivity index is 1.51. The Morgan fingerprint density at radius 1 is 1.20 bits per heavy atom. The second-order valence-corrected chi connectivity index (χ2v) is 8.62. The molecule has 2 amide bonds. The molecule has 1 aliphatic carbocycles. The summed E-state index contributed by atoms with van der Waals surface area (Å²) in [7, 11) is 1.30. The van der Waals surface area contributed by atoms with Gasteiger partial charge in [0.15, 0.2) is 0 Å². The van der Waals surface area contributed by atoms with Crippen molar-refractivity contribution in [1.82, 2.24) is 15.1 Å². The molecule has 0 unspecified atom stereocenters. The monoisotopic (exact) mass is 406 g/mol. The van der Waals surface area contributed by atoms with E-state index in [1.165, 1.54) is 28.5 Å². The summed E-state index contributed by atoms with van der Waals surface area (Å²) in [6, 6.07) is 11.5. The molecule has 2 aromatic carbocycles. The highest BCUT2D eigenvalue weighted by atomic mass is 16.5. The molecule has 0 fully saturated rings. The average molecular weight is 406 g/mol. The van der Waals surface area contributed by atoms with Gasteiger partial charge >= 0.3 is 12.1 Å². The van der Waals surface area contributed by atoms with Crippen LogP contribution in [0.1, 0.15) is 49.9 Å². The highest BCUT2D eigenvalue weighted by Gasteiger charge is 2.26.